The van der Waals surface area contributed by atoms with Gasteiger partial charge in [0.1, 0.15) is 0 Å². The van der Waals surface area contributed by atoms with Crippen molar-refractivity contribution in [1.29, 1.82) is 0 Å². The lowest BCUT2D eigenvalue weighted by molar-refractivity contribution is -0.146. The summed E-state index contributed by atoms with van der Waals surface area (Å²) in [5.41, 5.74) is -0.387. The molecule has 1 fully saturated rings. The second-order valence-electron chi connectivity index (χ2n) is 4.15. The molecule has 1 aliphatic heterocycles. The minimum atomic E-state index is -0.387. The molecule has 0 aromatic heterocycles. The Balaban J connectivity index is 2.25. The maximum atomic E-state index is 11.5. The fourth-order valence-electron chi connectivity index (χ4n) is 2.20. The minimum absolute atomic E-state index is 0.111. The van der Waals surface area contributed by atoms with Gasteiger partial charge in [-0.3, -0.25) is 4.79 Å². The van der Waals surface area contributed by atoms with Gasteiger partial charge in [0, 0.05) is 18.4 Å². The van der Waals surface area contributed by atoms with E-state index < -0.39 is 0 Å². The van der Waals surface area contributed by atoms with Gasteiger partial charge in [0.05, 0.1) is 12.0 Å². The standard InChI is InChI=1S/C10H14O3/c1-10-4-7(5-11)2-3-8(10)6-13-9(10)12/h2-3,7-8,11H,4-6H2,1H3. The first-order chi connectivity index (χ1) is 6.16. The lowest BCUT2D eigenvalue weighted by Crippen LogP contribution is -2.34. The van der Waals surface area contributed by atoms with Crippen molar-refractivity contribution < 1.29 is 14.6 Å². The molecule has 3 unspecified atom stereocenters. The van der Waals surface area contributed by atoms with Crippen molar-refractivity contribution in [3.63, 3.8) is 0 Å². The van der Waals surface area contributed by atoms with Gasteiger partial charge in [-0.15, -0.1) is 0 Å². The Morgan fingerprint density at radius 3 is 3.15 bits per heavy atom. The summed E-state index contributed by atoms with van der Waals surface area (Å²) in [6, 6.07) is 0. The summed E-state index contributed by atoms with van der Waals surface area (Å²) in [7, 11) is 0. The minimum Gasteiger partial charge on any atom is -0.465 e. The molecule has 3 heteroatoms. The Kier molecular flexibility index (Phi) is 1.91. The molecule has 0 aromatic rings. The van der Waals surface area contributed by atoms with Gasteiger partial charge < -0.3 is 9.84 Å². The molecule has 2 rings (SSSR count). The number of fused-ring (bicyclic) bond motifs is 1. The van der Waals surface area contributed by atoms with Crippen LogP contribution in [0.5, 0.6) is 0 Å². The number of rotatable bonds is 1. The topological polar surface area (TPSA) is 46.5 Å². The van der Waals surface area contributed by atoms with Crippen LogP contribution < -0.4 is 0 Å². The highest BCUT2D eigenvalue weighted by atomic mass is 16.5. The predicted octanol–water partition coefficient (Wildman–Crippen LogP) is 0.734. The average Bonchev–Trinajstić information content (AvgIpc) is 2.42. The SMILES string of the molecule is CC12CC(CO)C=CC1COC2=O. The van der Waals surface area contributed by atoms with Crippen molar-refractivity contribution in [2.75, 3.05) is 13.2 Å². The molecule has 72 valence electrons. The maximum Gasteiger partial charge on any atom is 0.312 e. The molecule has 0 amide bonds. The molecular formula is C10H14O3. The zero-order valence-corrected chi connectivity index (χ0v) is 7.69. The molecule has 0 bridgehead atoms. The van der Waals surface area contributed by atoms with Crippen LogP contribution in [-0.4, -0.2) is 24.3 Å². The summed E-state index contributed by atoms with van der Waals surface area (Å²) in [5, 5.41) is 9.01. The number of esters is 1. The summed E-state index contributed by atoms with van der Waals surface area (Å²) in [5.74, 6) is 0.218. The maximum absolute atomic E-state index is 11.5. The number of aliphatic hydroxyl groups excluding tert-OH is 1. The van der Waals surface area contributed by atoms with Crippen LogP contribution >= 0.6 is 0 Å². The van der Waals surface area contributed by atoms with Crippen molar-refractivity contribution >= 4 is 5.97 Å². The molecule has 2 aliphatic rings. The first kappa shape index (κ1) is 8.75. The predicted molar refractivity (Wildman–Crippen MR) is 46.9 cm³/mol. The fraction of sp³-hybridized carbons (Fsp3) is 0.700. The Morgan fingerprint density at radius 2 is 2.46 bits per heavy atom. The van der Waals surface area contributed by atoms with Crippen LogP contribution in [0.2, 0.25) is 0 Å². The van der Waals surface area contributed by atoms with E-state index in [0.717, 1.165) is 0 Å². The lowest BCUT2D eigenvalue weighted by atomic mass is 9.69. The third-order valence-corrected chi connectivity index (χ3v) is 3.21. The van der Waals surface area contributed by atoms with Gasteiger partial charge in [0.25, 0.3) is 0 Å². The molecule has 1 saturated heterocycles. The van der Waals surface area contributed by atoms with Crippen molar-refractivity contribution in [2.24, 2.45) is 17.3 Å². The summed E-state index contributed by atoms with van der Waals surface area (Å²) in [6.45, 7) is 2.55. The number of hydrogen-bond acceptors (Lipinski definition) is 3. The van der Waals surface area contributed by atoms with Gasteiger partial charge in [-0.2, -0.15) is 0 Å². The van der Waals surface area contributed by atoms with Crippen LogP contribution in [0, 0.1) is 17.3 Å². The quantitative estimate of drug-likeness (QED) is 0.480. The number of hydrogen-bond donors (Lipinski definition) is 1. The van der Waals surface area contributed by atoms with Gasteiger partial charge in [0.15, 0.2) is 0 Å². The van der Waals surface area contributed by atoms with E-state index in [1.165, 1.54) is 0 Å². The van der Waals surface area contributed by atoms with E-state index in [4.69, 9.17) is 9.84 Å². The normalized spacial score (nSPS) is 43.1. The largest absolute Gasteiger partial charge is 0.465 e. The first-order valence-corrected chi connectivity index (χ1v) is 4.63. The molecule has 1 N–H and O–H groups in total. The fourth-order valence-corrected chi connectivity index (χ4v) is 2.20. The van der Waals surface area contributed by atoms with E-state index in [1.807, 2.05) is 19.1 Å². The molecule has 13 heavy (non-hydrogen) atoms. The van der Waals surface area contributed by atoms with E-state index in [-0.39, 0.29) is 29.8 Å². The second-order valence-corrected chi connectivity index (χ2v) is 4.15. The second kappa shape index (κ2) is 2.84. The number of carbonyl (C=O) groups is 1. The number of cyclic esters (lactones) is 1. The smallest absolute Gasteiger partial charge is 0.312 e. The number of ether oxygens (including phenoxy) is 1. The Hall–Kier alpha value is -0.830. The zero-order valence-electron chi connectivity index (χ0n) is 7.69. The lowest BCUT2D eigenvalue weighted by Gasteiger charge is -2.31. The highest BCUT2D eigenvalue weighted by Crippen LogP contribution is 2.44. The third-order valence-electron chi connectivity index (χ3n) is 3.21. The Bertz CT molecular complexity index is 259. The summed E-state index contributed by atoms with van der Waals surface area (Å²) < 4.78 is 5.02. The van der Waals surface area contributed by atoms with Gasteiger partial charge in [-0.25, -0.2) is 0 Å². The van der Waals surface area contributed by atoms with Crippen molar-refractivity contribution in [1.82, 2.24) is 0 Å². The molecule has 1 aliphatic carbocycles. The molecular weight excluding hydrogens is 168 g/mol. The van der Waals surface area contributed by atoms with Crippen molar-refractivity contribution in [3.8, 4) is 0 Å². The van der Waals surface area contributed by atoms with Crippen LogP contribution in [0.3, 0.4) is 0 Å². The Morgan fingerprint density at radius 1 is 1.69 bits per heavy atom. The van der Waals surface area contributed by atoms with Crippen LogP contribution in [0.15, 0.2) is 12.2 Å². The van der Waals surface area contributed by atoms with E-state index in [1.54, 1.807) is 0 Å². The Labute approximate surface area is 77.4 Å². The monoisotopic (exact) mass is 182 g/mol. The zero-order chi connectivity index (χ0) is 9.47. The highest BCUT2D eigenvalue weighted by molar-refractivity contribution is 5.79. The summed E-state index contributed by atoms with van der Waals surface area (Å²) in [4.78, 5) is 11.5. The van der Waals surface area contributed by atoms with E-state index in [2.05, 4.69) is 0 Å². The summed E-state index contributed by atoms with van der Waals surface area (Å²) in [6.07, 6.45) is 4.72. The molecule has 0 spiro atoms. The molecule has 1 heterocycles. The van der Waals surface area contributed by atoms with E-state index in [0.29, 0.717) is 13.0 Å². The molecule has 0 saturated carbocycles. The van der Waals surface area contributed by atoms with Crippen molar-refractivity contribution in [3.05, 3.63) is 12.2 Å². The van der Waals surface area contributed by atoms with Crippen LogP contribution in [0.1, 0.15) is 13.3 Å². The van der Waals surface area contributed by atoms with E-state index >= 15 is 0 Å². The number of carbonyl (C=O) groups excluding carboxylic acids is 1. The average molecular weight is 182 g/mol. The van der Waals surface area contributed by atoms with Gasteiger partial charge >= 0.3 is 5.97 Å². The highest BCUT2D eigenvalue weighted by Gasteiger charge is 2.49. The number of aliphatic hydroxyl groups is 1. The molecule has 0 aromatic carbocycles. The first-order valence-electron chi connectivity index (χ1n) is 4.63. The molecule has 3 nitrogen and oxygen atoms in total. The molecule has 3 atom stereocenters. The van der Waals surface area contributed by atoms with Gasteiger partial charge in [-0.1, -0.05) is 12.2 Å². The van der Waals surface area contributed by atoms with Crippen LogP contribution in [0.25, 0.3) is 0 Å². The van der Waals surface area contributed by atoms with Gasteiger partial charge in [0.2, 0.25) is 0 Å². The molecule has 0 radical (unpaired) electrons. The summed E-state index contributed by atoms with van der Waals surface area (Å²) >= 11 is 0. The van der Waals surface area contributed by atoms with E-state index in [9.17, 15) is 4.79 Å². The van der Waals surface area contributed by atoms with Crippen LogP contribution in [-0.2, 0) is 9.53 Å². The third kappa shape index (κ3) is 1.18. The van der Waals surface area contributed by atoms with Gasteiger partial charge in [-0.05, 0) is 13.3 Å². The van der Waals surface area contributed by atoms with Crippen LogP contribution in [0.4, 0.5) is 0 Å². The van der Waals surface area contributed by atoms with Crippen molar-refractivity contribution in [2.45, 2.75) is 13.3 Å².